The van der Waals surface area contributed by atoms with Crippen LogP contribution in [0.2, 0.25) is 0 Å². The smallest absolute Gasteiger partial charge is 0.335 e. The van der Waals surface area contributed by atoms with Crippen LogP contribution in [0, 0.1) is 17.2 Å². The summed E-state index contributed by atoms with van der Waals surface area (Å²) in [6.45, 7) is 4.38. The number of benzene rings is 1. The van der Waals surface area contributed by atoms with E-state index in [0.717, 1.165) is 0 Å². The SMILES string of the molecule is CC(C)CNC(=O)/C(C#N)=C\Nc1cccc(C(=O)O)c1. The van der Waals surface area contributed by atoms with Gasteiger partial charge in [-0.2, -0.15) is 5.26 Å². The zero-order valence-corrected chi connectivity index (χ0v) is 11.9. The van der Waals surface area contributed by atoms with E-state index in [1.165, 1.54) is 18.3 Å². The van der Waals surface area contributed by atoms with Crippen LogP contribution in [0.3, 0.4) is 0 Å². The van der Waals surface area contributed by atoms with Crippen LogP contribution in [-0.4, -0.2) is 23.5 Å². The van der Waals surface area contributed by atoms with Crippen LogP contribution >= 0.6 is 0 Å². The summed E-state index contributed by atoms with van der Waals surface area (Å²) in [7, 11) is 0. The van der Waals surface area contributed by atoms with Crippen LogP contribution in [0.25, 0.3) is 0 Å². The van der Waals surface area contributed by atoms with Crippen molar-refractivity contribution in [3.63, 3.8) is 0 Å². The first-order valence-electron chi connectivity index (χ1n) is 6.42. The standard InChI is InChI=1S/C15H17N3O3/c1-10(2)8-18-14(19)12(7-16)9-17-13-5-3-4-11(6-13)15(20)21/h3-6,9-10,17H,8H2,1-2H3,(H,18,19)(H,20,21)/b12-9-. The van der Waals surface area contributed by atoms with E-state index in [2.05, 4.69) is 10.6 Å². The van der Waals surface area contributed by atoms with Crippen LogP contribution in [0.5, 0.6) is 0 Å². The number of nitrogens with one attached hydrogen (secondary N) is 2. The fourth-order valence-electron chi connectivity index (χ4n) is 1.44. The Bertz CT molecular complexity index is 600. The molecule has 0 saturated carbocycles. The Hall–Kier alpha value is -2.81. The molecule has 6 heteroatoms. The van der Waals surface area contributed by atoms with Crippen molar-refractivity contribution in [3.05, 3.63) is 41.6 Å². The van der Waals surface area contributed by atoms with E-state index >= 15 is 0 Å². The fraction of sp³-hybridized carbons (Fsp3) is 0.267. The van der Waals surface area contributed by atoms with E-state index < -0.39 is 11.9 Å². The second kappa shape index (κ2) is 7.70. The third kappa shape index (κ3) is 5.37. The lowest BCUT2D eigenvalue weighted by Crippen LogP contribution is -2.28. The molecule has 0 fully saturated rings. The van der Waals surface area contributed by atoms with Crippen molar-refractivity contribution < 1.29 is 14.7 Å². The predicted molar refractivity (Wildman–Crippen MR) is 78.6 cm³/mol. The van der Waals surface area contributed by atoms with Gasteiger partial charge in [0.15, 0.2) is 0 Å². The topological polar surface area (TPSA) is 102 Å². The number of carbonyl (C=O) groups excluding carboxylic acids is 1. The molecule has 0 aliphatic rings. The average Bonchev–Trinajstić information content (AvgIpc) is 2.46. The van der Waals surface area contributed by atoms with Gasteiger partial charge in [-0.25, -0.2) is 4.79 Å². The zero-order chi connectivity index (χ0) is 15.8. The molecule has 3 N–H and O–H groups in total. The highest BCUT2D eigenvalue weighted by Crippen LogP contribution is 2.11. The molecule has 6 nitrogen and oxygen atoms in total. The Balaban J connectivity index is 2.77. The molecule has 0 aliphatic heterocycles. The highest BCUT2D eigenvalue weighted by molar-refractivity contribution is 5.97. The van der Waals surface area contributed by atoms with Gasteiger partial charge in [-0.1, -0.05) is 19.9 Å². The molecule has 0 heterocycles. The third-order valence-electron chi connectivity index (χ3n) is 2.53. The summed E-state index contributed by atoms with van der Waals surface area (Å²) in [6, 6.07) is 7.89. The lowest BCUT2D eigenvalue weighted by atomic mass is 10.2. The number of rotatable bonds is 6. The molecule has 1 amide bonds. The number of hydrogen-bond acceptors (Lipinski definition) is 4. The largest absolute Gasteiger partial charge is 0.478 e. The lowest BCUT2D eigenvalue weighted by Gasteiger charge is -2.07. The molecule has 0 aromatic heterocycles. The second-order valence-electron chi connectivity index (χ2n) is 4.80. The Morgan fingerprint density at radius 2 is 2.14 bits per heavy atom. The molecular formula is C15H17N3O3. The van der Waals surface area contributed by atoms with Gasteiger partial charge in [0.25, 0.3) is 5.91 Å². The van der Waals surface area contributed by atoms with Crippen molar-refractivity contribution in [2.24, 2.45) is 5.92 Å². The van der Waals surface area contributed by atoms with E-state index in [0.29, 0.717) is 12.2 Å². The maximum Gasteiger partial charge on any atom is 0.335 e. The van der Waals surface area contributed by atoms with Gasteiger partial charge in [-0.15, -0.1) is 0 Å². The minimum absolute atomic E-state index is 0.0728. The molecule has 0 saturated heterocycles. The maximum atomic E-state index is 11.7. The monoisotopic (exact) mass is 287 g/mol. The van der Waals surface area contributed by atoms with Crippen molar-refractivity contribution in [2.75, 3.05) is 11.9 Å². The molecule has 1 aromatic carbocycles. The summed E-state index contributed by atoms with van der Waals surface area (Å²) < 4.78 is 0. The molecule has 1 rings (SSSR count). The molecule has 110 valence electrons. The second-order valence-corrected chi connectivity index (χ2v) is 4.80. The van der Waals surface area contributed by atoms with Gasteiger partial charge in [-0.05, 0) is 24.1 Å². The van der Waals surface area contributed by atoms with Crippen molar-refractivity contribution in [3.8, 4) is 6.07 Å². The summed E-state index contributed by atoms with van der Waals surface area (Å²) in [5, 5.41) is 23.2. The highest BCUT2D eigenvalue weighted by Gasteiger charge is 2.09. The van der Waals surface area contributed by atoms with Gasteiger partial charge in [0.1, 0.15) is 11.6 Å². The number of carboxylic acids is 1. The number of aromatic carboxylic acids is 1. The fourth-order valence-corrected chi connectivity index (χ4v) is 1.44. The Labute approximate surface area is 123 Å². The lowest BCUT2D eigenvalue weighted by molar-refractivity contribution is -0.117. The van der Waals surface area contributed by atoms with Crippen LogP contribution in [0.1, 0.15) is 24.2 Å². The van der Waals surface area contributed by atoms with Crippen LogP contribution in [-0.2, 0) is 4.79 Å². The number of anilines is 1. The minimum Gasteiger partial charge on any atom is -0.478 e. The molecule has 0 aliphatic carbocycles. The maximum absolute atomic E-state index is 11.7. The average molecular weight is 287 g/mol. The third-order valence-corrected chi connectivity index (χ3v) is 2.53. The summed E-state index contributed by atoms with van der Waals surface area (Å²) in [4.78, 5) is 22.6. The quantitative estimate of drug-likeness (QED) is 0.548. The Morgan fingerprint density at radius 3 is 2.71 bits per heavy atom. The van der Waals surface area contributed by atoms with Crippen molar-refractivity contribution >= 4 is 17.6 Å². The molecule has 0 spiro atoms. The van der Waals surface area contributed by atoms with Crippen molar-refractivity contribution in [1.29, 1.82) is 5.26 Å². The molecule has 0 radical (unpaired) electrons. The summed E-state index contributed by atoms with van der Waals surface area (Å²) in [6.07, 6.45) is 1.26. The highest BCUT2D eigenvalue weighted by atomic mass is 16.4. The van der Waals surface area contributed by atoms with Gasteiger partial charge < -0.3 is 15.7 Å². The number of nitrogens with zero attached hydrogens (tertiary/aromatic N) is 1. The van der Waals surface area contributed by atoms with Gasteiger partial charge in [0.2, 0.25) is 0 Å². The first-order valence-corrected chi connectivity index (χ1v) is 6.42. The van der Waals surface area contributed by atoms with E-state index in [9.17, 15) is 9.59 Å². The summed E-state index contributed by atoms with van der Waals surface area (Å²) in [5.41, 5.74) is 0.534. The molecular weight excluding hydrogens is 270 g/mol. The van der Waals surface area contributed by atoms with Crippen molar-refractivity contribution in [2.45, 2.75) is 13.8 Å². The molecule has 1 aromatic rings. The number of amides is 1. The van der Waals surface area contributed by atoms with Crippen LogP contribution in [0.15, 0.2) is 36.0 Å². The molecule has 0 atom stereocenters. The van der Waals surface area contributed by atoms with Crippen molar-refractivity contribution in [1.82, 2.24) is 5.32 Å². The predicted octanol–water partition coefficient (Wildman–Crippen LogP) is 1.98. The van der Waals surface area contributed by atoms with E-state index in [-0.39, 0.29) is 17.1 Å². The minimum atomic E-state index is -1.04. The number of carbonyl (C=O) groups is 2. The Kier molecular flexibility index (Phi) is 5.96. The summed E-state index contributed by atoms with van der Waals surface area (Å²) in [5.74, 6) is -1.22. The molecule has 0 unspecified atom stereocenters. The number of carboxylic acid groups (broad SMARTS) is 1. The first-order chi connectivity index (χ1) is 9.93. The van der Waals surface area contributed by atoms with Crippen LogP contribution < -0.4 is 10.6 Å². The van der Waals surface area contributed by atoms with E-state index in [4.69, 9.17) is 10.4 Å². The van der Waals surface area contributed by atoms with Gasteiger partial charge >= 0.3 is 5.97 Å². The normalized spacial score (nSPS) is 10.9. The number of hydrogen-bond donors (Lipinski definition) is 3. The van der Waals surface area contributed by atoms with E-state index in [1.807, 2.05) is 13.8 Å². The number of nitriles is 1. The summed E-state index contributed by atoms with van der Waals surface area (Å²) >= 11 is 0. The molecule has 21 heavy (non-hydrogen) atoms. The van der Waals surface area contributed by atoms with Gasteiger partial charge in [-0.3, -0.25) is 4.79 Å². The van der Waals surface area contributed by atoms with Gasteiger partial charge in [0, 0.05) is 18.4 Å². The van der Waals surface area contributed by atoms with E-state index in [1.54, 1.807) is 18.2 Å². The van der Waals surface area contributed by atoms with Crippen LogP contribution in [0.4, 0.5) is 5.69 Å². The Morgan fingerprint density at radius 1 is 1.43 bits per heavy atom. The molecule has 0 bridgehead atoms. The zero-order valence-electron chi connectivity index (χ0n) is 11.9. The van der Waals surface area contributed by atoms with Gasteiger partial charge in [0.05, 0.1) is 5.56 Å². The first kappa shape index (κ1) is 16.2.